The van der Waals surface area contributed by atoms with Crippen LogP contribution in [-0.4, -0.2) is 93.2 Å². The summed E-state index contributed by atoms with van der Waals surface area (Å²) >= 11 is 0. The summed E-state index contributed by atoms with van der Waals surface area (Å²) in [6, 6.07) is 0.117. The van der Waals surface area contributed by atoms with Gasteiger partial charge in [-0.3, -0.25) is 14.5 Å². The van der Waals surface area contributed by atoms with Gasteiger partial charge < -0.3 is 20.9 Å². The summed E-state index contributed by atoms with van der Waals surface area (Å²) < 4.78 is 37.0. The van der Waals surface area contributed by atoms with Crippen LogP contribution in [0.3, 0.4) is 0 Å². The molecule has 1 aliphatic rings. The van der Waals surface area contributed by atoms with Gasteiger partial charge in [0.1, 0.15) is 13.1 Å². The first kappa shape index (κ1) is 26.7. The Bertz CT molecular complexity index is 525. The third-order valence-electron chi connectivity index (χ3n) is 4.13. The summed E-state index contributed by atoms with van der Waals surface area (Å²) in [5, 5.41) is 8.79. The number of likely N-dealkylation sites (tertiary alicyclic amines) is 1. The van der Waals surface area contributed by atoms with Crippen molar-refractivity contribution in [3.8, 4) is 0 Å². The lowest BCUT2D eigenvalue weighted by molar-refractivity contribution is -0.157. The molecular formula is C16H30F3IN6O2. The number of nitrogens with one attached hydrogen (secondary N) is 3. The minimum Gasteiger partial charge on any atom is -0.358 e. The molecule has 1 rings (SSSR count). The van der Waals surface area contributed by atoms with Crippen molar-refractivity contribution in [2.45, 2.75) is 32.0 Å². The Morgan fingerprint density at radius 1 is 1.25 bits per heavy atom. The lowest BCUT2D eigenvalue weighted by Crippen LogP contribution is -2.50. The predicted octanol–water partition coefficient (Wildman–Crippen LogP) is 0.391. The van der Waals surface area contributed by atoms with Crippen LogP contribution in [0, 0.1) is 0 Å². The van der Waals surface area contributed by atoms with E-state index >= 15 is 0 Å². The summed E-state index contributed by atoms with van der Waals surface area (Å²) in [4.78, 5) is 30.0. The zero-order valence-corrected chi connectivity index (χ0v) is 18.8. The van der Waals surface area contributed by atoms with Crippen molar-refractivity contribution in [2.75, 3.05) is 53.4 Å². The number of nitrogens with zero attached hydrogens (tertiary/aromatic N) is 3. The van der Waals surface area contributed by atoms with E-state index in [4.69, 9.17) is 0 Å². The van der Waals surface area contributed by atoms with Crippen LogP contribution in [0.4, 0.5) is 13.2 Å². The van der Waals surface area contributed by atoms with Crippen LogP contribution in [-0.2, 0) is 9.59 Å². The molecular weight excluding hydrogens is 492 g/mol. The molecule has 8 nitrogen and oxygen atoms in total. The molecule has 2 amide bonds. The van der Waals surface area contributed by atoms with Crippen molar-refractivity contribution in [3.05, 3.63) is 0 Å². The molecule has 0 unspecified atom stereocenters. The maximum Gasteiger partial charge on any atom is 0.406 e. The van der Waals surface area contributed by atoms with E-state index < -0.39 is 18.6 Å². The molecule has 1 heterocycles. The number of hydrogen-bond donors (Lipinski definition) is 3. The highest BCUT2D eigenvalue weighted by Crippen LogP contribution is 2.15. The number of carbonyl (C=O) groups is 2. The number of guanidine groups is 1. The van der Waals surface area contributed by atoms with Crippen molar-refractivity contribution in [1.82, 2.24) is 25.8 Å². The van der Waals surface area contributed by atoms with Gasteiger partial charge in [0.2, 0.25) is 11.8 Å². The van der Waals surface area contributed by atoms with E-state index in [2.05, 4.69) is 25.8 Å². The van der Waals surface area contributed by atoms with E-state index in [0.29, 0.717) is 23.9 Å². The number of piperidine rings is 1. The topological polar surface area (TPSA) is 89.1 Å². The zero-order valence-electron chi connectivity index (χ0n) is 16.4. The second-order valence-electron chi connectivity index (χ2n) is 6.43. The van der Waals surface area contributed by atoms with Crippen LogP contribution in [0.2, 0.25) is 0 Å². The van der Waals surface area contributed by atoms with Gasteiger partial charge in [-0.05, 0) is 19.8 Å². The molecule has 0 atom stereocenters. The second kappa shape index (κ2) is 13.0. The fourth-order valence-electron chi connectivity index (χ4n) is 2.66. The van der Waals surface area contributed by atoms with Crippen LogP contribution in [0.25, 0.3) is 0 Å². The van der Waals surface area contributed by atoms with Gasteiger partial charge in [-0.25, -0.2) is 4.99 Å². The van der Waals surface area contributed by atoms with Gasteiger partial charge in [-0.1, -0.05) is 0 Å². The lowest BCUT2D eigenvalue weighted by atomic mass is 10.1. The molecule has 1 fully saturated rings. The largest absolute Gasteiger partial charge is 0.406 e. The summed E-state index contributed by atoms with van der Waals surface area (Å²) in [6.07, 6.45) is -2.84. The third-order valence-corrected chi connectivity index (χ3v) is 4.13. The molecule has 1 saturated heterocycles. The fraction of sp³-hybridized carbons (Fsp3) is 0.812. The van der Waals surface area contributed by atoms with Gasteiger partial charge in [-0.2, -0.15) is 13.2 Å². The van der Waals surface area contributed by atoms with E-state index in [-0.39, 0.29) is 42.5 Å². The summed E-state index contributed by atoms with van der Waals surface area (Å²) in [7, 11) is 2.71. The second-order valence-corrected chi connectivity index (χ2v) is 6.43. The Morgan fingerprint density at radius 3 is 2.36 bits per heavy atom. The standard InChI is InChI=1S/C16H29F3N6O2.HI/c1-4-21-15(22-9-14(27)24(3)11-16(17,18)19)23-12-5-7-25(8-6-12)10-13(26)20-2;/h12H,4-11H2,1-3H3,(H,20,26)(H2,21,22,23);1H. The van der Waals surface area contributed by atoms with Gasteiger partial charge in [0.15, 0.2) is 5.96 Å². The summed E-state index contributed by atoms with van der Waals surface area (Å²) in [5.41, 5.74) is 0. The minimum absolute atomic E-state index is 0. The molecule has 12 heteroatoms. The van der Waals surface area contributed by atoms with Crippen molar-refractivity contribution in [1.29, 1.82) is 0 Å². The molecule has 0 bridgehead atoms. The smallest absolute Gasteiger partial charge is 0.358 e. The maximum absolute atomic E-state index is 12.3. The van der Waals surface area contributed by atoms with E-state index in [0.717, 1.165) is 33.0 Å². The van der Waals surface area contributed by atoms with Crippen LogP contribution in [0.5, 0.6) is 0 Å². The summed E-state index contributed by atoms with van der Waals surface area (Å²) in [6.45, 7) is 2.62. The van der Waals surface area contributed by atoms with Crippen LogP contribution < -0.4 is 16.0 Å². The zero-order chi connectivity index (χ0) is 20.4. The molecule has 0 spiro atoms. The van der Waals surface area contributed by atoms with Crippen LogP contribution >= 0.6 is 24.0 Å². The predicted molar refractivity (Wildman–Crippen MR) is 112 cm³/mol. The first-order valence-electron chi connectivity index (χ1n) is 8.93. The van der Waals surface area contributed by atoms with Crippen molar-refractivity contribution < 1.29 is 22.8 Å². The average Bonchev–Trinajstić information content (AvgIpc) is 2.59. The molecule has 3 N–H and O–H groups in total. The highest BCUT2D eigenvalue weighted by atomic mass is 127. The number of hydrogen-bond acceptors (Lipinski definition) is 4. The third kappa shape index (κ3) is 10.9. The molecule has 28 heavy (non-hydrogen) atoms. The van der Waals surface area contributed by atoms with Gasteiger partial charge in [0.25, 0.3) is 0 Å². The Balaban J connectivity index is 0.00000729. The number of rotatable bonds is 7. The minimum atomic E-state index is -4.43. The van der Waals surface area contributed by atoms with Gasteiger partial charge in [0, 0.05) is 39.8 Å². The van der Waals surface area contributed by atoms with E-state index in [1.165, 1.54) is 0 Å². The Kier molecular flexibility index (Phi) is 12.4. The first-order valence-corrected chi connectivity index (χ1v) is 8.93. The fourth-order valence-corrected chi connectivity index (χ4v) is 2.66. The molecule has 0 aromatic carbocycles. The normalized spacial score (nSPS) is 16.1. The molecule has 0 aliphatic carbocycles. The number of likely N-dealkylation sites (N-methyl/N-ethyl adjacent to an activating group) is 2. The summed E-state index contributed by atoms with van der Waals surface area (Å²) in [5.74, 6) is -0.335. The Labute approximate surface area is 180 Å². The number of halogens is 4. The van der Waals surface area contributed by atoms with E-state index in [1.54, 1.807) is 7.05 Å². The molecule has 0 aromatic heterocycles. The number of amides is 2. The van der Waals surface area contributed by atoms with Crippen molar-refractivity contribution in [3.63, 3.8) is 0 Å². The maximum atomic E-state index is 12.3. The Hall–Kier alpha value is -1.31. The van der Waals surface area contributed by atoms with Crippen molar-refractivity contribution in [2.24, 2.45) is 4.99 Å². The molecule has 164 valence electrons. The van der Waals surface area contributed by atoms with Gasteiger partial charge in [-0.15, -0.1) is 24.0 Å². The van der Waals surface area contributed by atoms with E-state index in [1.807, 2.05) is 6.92 Å². The quantitative estimate of drug-likeness (QED) is 0.256. The highest BCUT2D eigenvalue weighted by Gasteiger charge is 2.31. The lowest BCUT2D eigenvalue weighted by Gasteiger charge is -2.32. The van der Waals surface area contributed by atoms with Gasteiger partial charge >= 0.3 is 6.18 Å². The number of alkyl halides is 3. The van der Waals surface area contributed by atoms with Crippen LogP contribution in [0.15, 0.2) is 4.99 Å². The Morgan fingerprint density at radius 2 is 1.86 bits per heavy atom. The van der Waals surface area contributed by atoms with Crippen molar-refractivity contribution >= 4 is 41.8 Å². The van der Waals surface area contributed by atoms with Crippen LogP contribution in [0.1, 0.15) is 19.8 Å². The molecule has 1 aliphatic heterocycles. The molecule has 0 saturated carbocycles. The first-order chi connectivity index (χ1) is 12.6. The van der Waals surface area contributed by atoms with Gasteiger partial charge in [0.05, 0.1) is 6.54 Å². The molecule has 0 aromatic rings. The average molecular weight is 522 g/mol. The molecule has 0 radical (unpaired) electrons. The SMILES string of the molecule is CCNC(=NCC(=O)N(C)CC(F)(F)F)NC1CCN(CC(=O)NC)CC1.I. The number of carbonyl (C=O) groups excluding carboxylic acids is 2. The monoisotopic (exact) mass is 522 g/mol. The highest BCUT2D eigenvalue weighted by molar-refractivity contribution is 14.0. The van der Waals surface area contributed by atoms with E-state index in [9.17, 15) is 22.8 Å². The number of aliphatic imine (C=N–C) groups is 1.